The van der Waals surface area contributed by atoms with Crippen molar-refractivity contribution in [2.75, 3.05) is 6.54 Å². The average Bonchev–Trinajstić information content (AvgIpc) is 2.49. The third-order valence-corrected chi connectivity index (χ3v) is 2.04. The number of nitrogens with two attached hydrogens (primary N) is 1. The van der Waals surface area contributed by atoms with Gasteiger partial charge in [0.15, 0.2) is 0 Å². The molecule has 2 aromatic heterocycles. The molecule has 2 N–H and O–H groups in total. The lowest BCUT2D eigenvalue weighted by atomic mass is 10.2. The maximum absolute atomic E-state index is 5.47. The largest absolute Gasteiger partial charge is 0.330 e. The van der Waals surface area contributed by atoms with Crippen LogP contribution in [0.5, 0.6) is 0 Å². The summed E-state index contributed by atoms with van der Waals surface area (Å²) in [4.78, 5) is 8.36. The molecule has 0 spiro atoms. The first-order valence-corrected chi connectivity index (χ1v) is 4.30. The Hall–Kier alpha value is -1.42. The van der Waals surface area contributed by atoms with Crippen LogP contribution in [0.25, 0.3) is 5.78 Å². The van der Waals surface area contributed by atoms with E-state index >= 15 is 0 Å². The molecule has 0 aliphatic rings. The molecule has 68 valence electrons. The van der Waals surface area contributed by atoms with Crippen molar-refractivity contribution in [1.29, 1.82) is 0 Å². The average molecular weight is 176 g/mol. The number of hydrogen-bond donors (Lipinski definition) is 1. The van der Waals surface area contributed by atoms with E-state index in [1.54, 1.807) is 0 Å². The van der Waals surface area contributed by atoms with Gasteiger partial charge in [0.05, 0.1) is 6.20 Å². The highest BCUT2D eigenvalue weighted by Gasteiger charge is 2.00. The van der Waals surface area contributed by atoms with E-state index in [0.717, 1.165) is 23.5 Å². The predicted molar refractivity (Wildman–Crippen MR) is 50.5 cm³/mol. The number of rotatable bonds is 2. The molecule has 0 amide bonds. The predicted octanol–water partition coefficient (Wildman–Crippen LogP) is 0.539. The van der Waals surface area contributed by atoms with E-state index in [9.17, 15) is 0 Å². The first-order chi connectivity index (χ1) is 6.31. The zero-order valence-corrected chi connectivity index (χ0v) is 7.57. The maximum atomic E-state index is 5.47. The normalized spacial score (nSPS) is 10.9. The summed E-state index contributed by atoms with van der Waals surface area (Å²) >= 11 is 0. The van der Waals surface area contributed by atoms with Gasteiger partial charge in [-0.15, -0.1) is 0 Å². The Bertz CT molecular complexity index is 418. The molecule has 4 nitrogen and oxygen atoms in total. The van der Waals surface area contributed by atoms with Gasteiger partial charge in [0.25, 0.3) is 0 Å². The van der Waals surface area contributed by atoms with Gasteiger partial charge in [-0.3, -0.25) is 4.40 Å². The Morgan fingerprint density at radius 2 is 2.15 bits per heavy atom. The van der Waals surface area contributed by atoms with E-state index < -0.39 is 0 Å². The minimum Gasteiger partial charge on any atom is -0.330 e. The quantitative estimate of drug-likeness (QED) is 0.726. The summed E-state index contributed by atoms with van der Waals surface area (Å²) in [5, 5.41) is 0. The first kappa shape index (κ1) is 8.19. The van der Waals surface area contributed by atoms with Gasteiger partial charge in [0.1, 0.15) is 0 Å². The van der Waals surface area contributed by atoms with Gasteiger partial charge in [-0.25, -0.2) is 9.97 Å². The van der Waals surface area contributed by atoms with E-state index in [2.05, 4.69) is 9.97 Å². The lowest BCUT2D eigenvalue weighted by molar-refractivity contribution is 0.926. The molecule has 0 aromatic carbocycles. The second-order valence-electron chi connectivity index (χ2n) is 3.07. The molecule has 0 unspecified atom stereocenters. The van der Waals surface area contributed by atoms with Crippen molar-refractivity contribution in [2.24, 2.45) is 5.73 Å². The van der Waals surface area contributed by atoms with Gasteiger partial charge >= 0.3 is 0 Å². The van der Waals surface area contributed by atoms with Crippen LogP contribution in [-0.4, -0.2) is 20.9 Å². The van der Waals surface area contributed by atoms with E-state index in [-0.39, 0.29) is 0 Å². The van der Waals surface area contributed by atoms with Crippen LogP contribution in [0.2, 0.25) is 0 Å². The van der Waals surface area contributed by atoms with Crippen molar-refractivity contribution in [3.8, 4) is 0 Å². The topological polar surface area (TPSA) is 56.2 Å². The Morgan fingerprint density at radius 3 is 2.92 bits per heavy atom. The molecule has 0 saturated heterocycles. The number of nitrogens with zero attached hydrogens (tertiary/aromatic N) is 3. The second-order valence-corrected chi connectivity index (χ2v) is 3.07. The summed E-state index contributed by atoms with van der Waals surface area (Å²) in [6.07, 6.45) is 6.54. The fourth-order valence-corrected chi connectivity index (χ4v) is 1.32. The van der Waals surface area contributed by atoms with Crippen LogP contribution in [-0.2, 0) is 6.42 Å². The van der Waals surface area contributed by atoms with Gasteiger partial charge < -0.3 is 5.73 Å². The van der Waals surface area contributed by atoms with Crippen LogP contribution in [0.1, 0.15) is 11.3 Å². The molecule has 2 rings (SSSR count). The summed E-state index contributed by atoms with van der Waals surface area (Å²) in [6.45, 7) is 2.66. The van der Waals surface area contributed by atoms with Gasteiger partial charge in [0, 0.05) is 18.1 Å². The standard InChI is InChI=1S/C9H12N4/c1-7-4-11-9-12-5-8(2-3-10)6-13(7)9/h4-6H,2-3,10H2,1H3. The zero-order chi connectivity index (χ0) is 9.26. The fourth-order valence-electron chi connectivity index (χ4n) is 1.32. The lowest BCUT2D eigenvalue weighted by Gasteiger charge is -2.00. The lowest BCUT2D eigenvalue weighted by Crippen LogP contribution is -2.04. The van der Waals surface area contributed by atoms with Crippen molar-refractivity contribution in [1.82, 2.24) is 14.4 Å². The molecular weight excluding hydrogens is 164 g/mol. The van der Waals surface area contributed by atoms with Crippen molar-refractivity contribution in [2.45, 2.75) is 13.3 Å². The van der Waals surface area contributed by atoms with Crippen molar-refractivity contribution >= 4 is 5.78 Å². The van der Waals surface area contributed by atoms with Crippen LogP contribution in [0.15, 0.2) is 18.6 Å². The summed E-state index contributed by atoms with van der Waals surface area (Å²) in [6, 6.07) is 0. The van der Waals surface area contributed by atoms with Gasteiger partial charge in [-0.2, -0.15) is 0 Å². The van der Waals surface area contributed by atoms with E-state index in [1.807, 2.05) is 29.9 Å². The van der Waals surface area contributed by atoms with Crippen LogP contribution in [0, 0.1) is 6.92 Å². The van der Waals surface area contributed by atoms with E-state index in [4.69, 9.17) is 5.73 Å². The summed E-state index contributed by atoms with van der Waals surface area (Å²) in [7, 11) is 0. The third kappa shape index (κ3) is 1.40. The molecule has 0 fully saturated rings. The second kappa shape index (κ2) is 3.14. The molecule has 2 heterocycles. The summed E-state index contributed by atoms with van der Waals surface area (Å²) in [5.74, 6) is 0.748. The van der Waals surface area contributed by atoms with Crippen LogP contribution in [0.3, 0.4) is 0 Å². The molecular formula is C9H12N4. The highest BCUT2D eigenvalue weighted by Crippen LogP contribution is 2.05. The molecule has 0 aliphatic heterocycles. The van der Waals surface area contributed by atoms with Crippen molar-refractivity contribution < 1.29 is 0 Å². The van der Waals surface area contributed by atoms with E-state index in [0.29, 0.717) is 6.54 Å². The zero-order valence-electron chi connectivity index (χ0n) is 7.57. The maximum Gasteiger partial charge on any atom is 0.233 e. The number of hydrogen-bond acceptors (Lipinski definition) is 3. The number of fused-ring (bicyclic) bond motifs is 1. The van der Waals surface area contributed by atoms with E-state index in [1.165, 1.54) is 0 Å². The summed E-state index contributed by atoms with van der Waals surface area (Å²) in [5.41, 5.74) is 7.71. The highest BCUT2D eigenvalue weighted by molar-refractivity contribution is 5.31. The molecule has 0 atom stereocenters. The molecule has 13 heavy (non-hydrogen) atoms. The van der Waals surface area contributed by atoms with Crippen molar-refractivity contribution in [3.63, 3.8) is 0 Å². The SMILES string of the molecule is Cc1cnc2ncc(CCN)cn12. The number of imidazole rings is 1. The molecule has 0 aliphatic carbocycles. The molecule has 0 bridgehead atoms. The minimum atomic E-state index is 0.654. The molecule has 0 radical (unpaired) electrons. The number of aromatic nitrogens is 3. The Kier molecular flexibility index (Phi) is 1.98. The fraction of sp³-hybridized carbons (Fsp3) is 0.333. The Labute approximate surface area is 76.4 Å². The third-order valence-electron chi connectivity index (χ3n) is 2.04. The van der Waals surface area contributed by atoms with Gasteiger partial charge in [0.2, 0.25) is 5.78 Å². The minimum absolute atomic E-state index is 0.654. The molecule has 2 aromatic rings. The molecule has 4 heteroatoms. The summed E-state index contributed by atoms with van der Waals surface area (Å²) < 4.78 is 1.98. The first-order valence-electron chi connectivity index (χ1n) is 4.30. The highest BCUT2D eigenvalue weighted by atomic mass is 15.1. The van der Waals surface area contributed by atoms with Crippen molar-refractivity contribution in [3.05, 3.63) is 29.8 Å². The van der Waals surface area contributed by atoms with Crippen LogP contribution >= 0.6 is 0 Å². The number of aryl methyl sites for hydroxylation is 1. The Balaban J connectivity index is 2.53. The van der Waals surface area contributed by atoms with Crippen LogP contribution < -0.4 is 5.73 Å². The van der Waals surface area contributed by atoms with Crippen LogP contribution in [0.4, 0.5) is 0 Å². The van der Waals surface area contributed by atoms with Gasteiger partial charge in [-0.1, -0.05) is 0 Å². The molecule has 0 saturated carbocycles. The smallest absolute Gasteiger partial charge is 0.233 e. The Morgan fingerprint density at radius 1 is 1.38 bits per heavy atom. The van der Waals surface area contributed by atoms with Gasteiger partial charge in [-0.05, 0) is 25.5 Å². The monoisotopic (exact) mass is 176 g/mol.